The molecule has 1 aliphatic rings. The van der Waals surface area contributed by atoms with Gasteiger partial charge in [-0.2, -0.15) is 0 Å². The van der Waals surface area contributed by atoms with Crippen LogP contribution in [0.1, 0.15) is 31.0 Å². The zero-order valence-corrected chi connectivity index (χ0v) is 22.6. The van der Waals surface area contributed by atoms with Crippen molar-refractivity contribution in [3.05, 3.63) is 88.0 Å². The van der Waals surface area contributed by atoms with Crippen molar-refractivity contribution in [3.63, 3.8) is 0 Å². The Labute approximate surface area is 219 Å². The molecule has 3 aromatic rings. The van der Waals surface area contributed by atoms with Gasteiger partial charge in [0.05, 0.1) is 36.6 Å². The van der Waals surface area contributed by atoms with Gasteiger partial charge in [-0.1, -0.05) is 57.1 Å². The third-order valence-corrected chi connectivity index (χ3v) is 7.26. The maximum Gasteiger partial charge on any atom is 0.338 e. The fraction of sp³-hybridized carbons (Fsp3) is 0.240. The van der Waals surface area contributed by atoms with E-state index in [4.69, 9.17) is 25.8 Å². The molecule has 2 heterocycles. The minimum absolute atomic E-state index is 0.194. The van der Waals surface area contributed by atoms with Gasteiger partial charge in [0.25, 0.3) is 5.56 Å². The lowest BCUT2D eigenvalue weighted by Crippen LogP contribution is -2.40. The van der Waals surface area contributed by atoms with Crippen LogP contribution in [0.4, 0.5) is 0 Å². The molecule has 0 aliphatic carbocycles. The number of fused-ring (bicyclic) bond motifs is 1. The van der Waals surface area contributed by atoms with Crippen LogP contribution in [-0.4, -0.2) is 31.4 Å². The van der Waals surface area contributed by atoms with E-state index in [0.29, 0.717) is 42.7 Å². The van der Waals surface area contributed by atoms with Gasteiger partial charge in [0.2, 0.25) is 0 Å². The van der Waals surface area contributed by atoms with Crippen LogP contribution in [0.25, 0.3) is 6.08 Å². The number of ether oxygens (including phenoxy) is 3. The third-order valence-electron chi connectivity index (χ3n) is 5.48. The summed E-state index contributed by atoms with van der Waals surface area (Å²) in [5, 5.41) is 0.432. The summed E-state index contributed by atoms with van der Waals surface area (Å²) in [5.41, 5.74) is 1.71. The highest BCUT2D eigenvalue weighted by atomic mass is 79.9. The first kappa shape index (κ1) is 25.2. The third kappa shape index (κ3) is 4.68. The van der Waals surface area contributed by atoms with Crippen LogP contribution in [-0.2, 0) is 9.53 Å². The van der Waals surface area contributed by atoms with E-state index < -0.39 is 12.0 Å². The first-order valence-electron chi connectivity index (χ1n) is 10.7. The molecule has 1 atom stereocenters. The summed E-state index contributed by atoms with van der Waals surface area (Å²) >= 11 is 11.2. The molecular formula is C25H22BrClN2O5S. The molecule has 0 unspecified atom stereocenters. The topological polar surface area (TPSA) is 79.1 Å². The van der Waals surface area contributed by atoms with Gasteiger partial charge in [-0.25, -0.2) is 9.79 Å². The maximum absolute atomic E-state index is 13.8. The van der Waals surface area contributed by atoms with Crippen LogP contribution in [0.5, 0.6) is 11.5 Å². The van der Waals surface area contributed by atoms with Crippen molar-refractivity contribution in [2.24, 2.45) is 4.99 Å². The summed E-state index contributed by atoms with van der Waals surface area (Å²) in [6, 6.07) is 9.97. The van der Waals surface area contributed by atoms with Crippen LogP contribution >= 0.6 is 38.9 Å². The second-order valence-electron chi connectivity index (χ2n) is 7.55. The van der Waals surface area contributed by atoms with E-state index in [1.165, 1.54) is 23.0 Å². The molecule has 1 aliphatic heterocycles. The van der Waals surface area contributed by atoms with E-state index in [9.17, 15) is 9.59 Å². The van der Waals surface area contributed by atoms with Crippen molar-refractivity contribution in [2.75, 3.05) is 20.8 Å². The number of halogens is 2. The molecule has 2 aromatic carbocycles. The first-order chi connectivity index (χ1) is 16.8. The van der Waals surface area contributed by atoms with Gasteiger partial charge in [0.1, 0.15) is 6.04 Å². The fourth-order valence-corrected chi connectivity index (χ4v) is 5.72. The summed E-state index contributed by atoms with van der Waals surface area (Å²) in [6.45, 7) is 3.66. The van der Waals surface area contributed by atoms with Gasteiger partial charge >= 0.3 is 5.97 Å². The van der Waals surface area contributed by atoms with Gasteiger partial charge in [0.15, 0.2) is 16.3 Å². The molecule has 0 fully saturated rings. The van der Waals surface area contributed by atoms with Crippen molar-refractivity contribution in [1.82, 2.24) is 4.57 Å². The number of hydrogen-bond donors (Lipinski definition) is 0. The number of rotatable bonds is 6. The molecule has 35 heavy (non-hydrogen) atoms. The van der Waals surface area contributed by atoms with E-state index in [-0.39, 0.29) is 17.7 Å². The lowest BCUT2D eigenvalue weighted by molar-refractivity contribution is -0.139. The highest BCUT2D eigenvalue weighted by molar-refractivity contribution is 9.10. The average molecular weight is 578 g/mol. The second kappa shape index (κ2) is 10.4. The Balaban J connectivity index is 2.01. The van der Waals surface area contributed by atoms with Gasteiger partial charge in [-0.15, -0.1) is 0 Å². The van der Waals surface area contributed by atoms with E-state index in [1.54, 1.807) is 51.3 Å². The Hall–Kier alpha value is -2.88. The lowest BCUT2D eigenvalue weighted by atomic mass is 9.96. The molecule has 7 nitrogen and oxygen atoms in total. The molecule has 4 rings (SSSR count). The molecule has 10 heteroatoms. The molecule has 0 radical (unpaired) electrons. The summed E-state index contributed by atoms with van der Waals surface area (Å²) in [4.78, 5) is 31.8. The predicted octanol–water partition coefficient (Wildman–Crippen LogP) is 4.23. The Morgan fingerprint density at radius 3 is 2.66 bits per heavy atom. The molecule has 1 aromatic heterocycles. The molecule has 0 bridgehead atoms. The van der Waals surface area contributed by atoms with Gasteiger partial charge in [-0.3, -0.25) is 9.36 Å². The number of carbonyl (C=O) groups is 1. The van der Waals surface area contributed by atoms with Gasteiger partial charge < -0.3 is 14.2 Å². The normalized spacial score (nSPS) is 15.5. The smallest absolute Gasteiger partial charge is 0.338 e. The van der Waals surface area contributed by atoms with Gasteiger partial charge in [0, 0.05) is 15.1 Å². The summed E-state index contributed by atoms with van der Waals surface area (Å²) < 4.78 is 19.0. The van der Waals surface area contributed by atoms with Crippen LogP contribution in [0, 0.1) is 0 Å². The lowest BCUT2D eigenvalue weighted by Gasteiger charge is -2.25. The van der Waals surface area contributed by atoms with Crippen LogP contribution in [0.2, 0.25) is 5.02 Å². The van der Waals surface area contributed by atoms with Crippen molar-refractivity contribution in [3.8, 4) is 11.5 Å². The Morgan fingerprint density at radius 1 is 1.26 bits per heavy atom. The van der Waals surface area contributed by atoms with E-state index in [1.807, 2.05) is 12.1 Å². The molecule has 0 N–H and O–H groups in total. The molecule has 0 saturated heterocycles. The number of benzene rings is 2. The molecular weight excluding hydrogens is 556 g/mol. The minimum Gasteiger partial charge on any atom is -0.493 e. The fourth-order valence-electron chi connectivity index (χ4n) is 3.99. The van der Waals surface area contributed by atoms with Crippen molar-refractivity contribution < 1.29 is 19.0 Å². The van der Waals surface area contributed by atoms with Crippen molar-refractivity contribution >= 4 is 50.9 Å². The zero-order chi connectivity index (χ0) is 25.3. The minimum atomic E-state index is -0.778. The van der Waals surface area contributed by atoms with Gasteiger partial charge in [-0.05, 0) is 43.7 Å². The summed E-state index contributed by atoms with van der Waals surface area (Å²) in [7, 11) is 3.09. The molecule has 182 valence electrons. The van der Waals surface area contributed by atoms with E-state index in [0.717, 1.165) is 4.47 Å². The Kier molecular flexibility index (Phi) is 7.49. The van der Waals surface area contributed by atoms with Crippen LogP contribution in [0.3, 0.4) is 0 Å². The highest BCUT2D eigenvalue weighted by Crippen LogP contribution is 2.36. The average Bonchev–Trinajstić information content (AvgIpc) is 3.12. The number of allylic oxidation sites excluding steroid dienone is 1. The van der Waals surface area contributed by atoms with Crippen LogP contribution < -0.4 is 24.4 Å². The number of nitrogens with zero attached hydrogens (tertiary/aromatic N) is 2. The second-order valence-corrected chi connectivity index (χ2v) is 9.89. The number of esters is 1. The predicted molar refractivity (Wildman–Crippen MR) is 139 cm³/mol. The zero-order valence-electron chi connectivity index (χ0n) is 19.4. The van der Waals surface area contributed by atoms with E-state index in [2.05, 4.69) is 20.9 Å². The quantitative estimate of drug-likeness (QED) is 0.410. The number of aromatic nitrogens is 1. The molecule has 0 spiro atoms. The Bertz CT molecular complexity index is 1530. The Morgan fingerprint density at radius 2 is 2.00 bits per heavy atom. The number of methoxy groups -OCH3 is 2. The van der Waals surface area contributed by atoms with Crippen molar-refractivity contribution in [2.45, 2.75) is 19.9 Å². The molecule has 0 amide bonds. The molecule has 0 saturated carbocycles. The number of thiazole rings is 1. The maximum atomic E-state index is 13.8. The first-order valence-corrected chi connectivity index (χ1v) is 12.6. The monoisotopic (exact) mass is 576 g/mol. The highest BCUT2D eigenvalue weighted by Gasteiger charge is 2.34. The van der Waals surface area contributed by atoms with Crippen LogP contribution in [0.15, 0.2) is 61.9 Å². The summed E-state index contributed by atoms with van der Waals surface area (Å²) in [6.07, 6.45) is 1.73. The summed E-state index contributed by atoms with van der Waals surface area (Å²) in [5.74, 6) is 0.481. The standard InChI is InChI=1S/C25H22BrClN2O5S/c1-5-34-24(31)20-13(2)28-25-29(21(20)16-8-6-7-9-17(16)27)23(30)19(35-25)11-14-10-15(26)12-18(32-3)22(14)33-4/h6-12,21H,5H2,1-4H3/b19-11-/t21-/m1/s1. The SMILES string of the molecule is CCOC(=O)C1=C(C)N=c2s/c(=C\c3cc(Br)cc(OC)c3OC)c(=O)n2[C@@H]1c1ccccc1Cl. The van der Waals surface area contributed by atoms with E-state index >= 15 is 0 Å². The number of carbonyl (C=O) groups excluding carboxylic acids is 1. The van der Waals surface area contributed by atoms with Crippen molar-refractivity contribution in [1.29, 1.82) is 0 Å². The largest absolute Gasteiger partial charge is 0.493 e. The number of hydrogen-bond acceptors (Lipinski definition) is 7.